The molecule has 17 aromatic carbocycles. The summed E-state index contributed by atoms with van der Waals surface area (Å²) in [5.74, 6) is 3.28. The maximum Gasteiger partial charge on any atom is 0.264 e. The third-order valence-corrected chi connectivity index (χ3v) is 43.2. The largest absolute Gasteiger partial charge is 0.542 e. The molecule has 8 heteroatoms. The molecule has 0 fully saturated rings. The zero-order chi connectivity index (χ0) is 97.2. The first-order valence-electron chi connectivity index (χ1n) is 50.6. The van der Waals surface area contributed by atoms with Gasteiger partial charge in [-0.05, 0) is 168 Å². The molecule has 17 rings (SSSR count). The topological polar surface area (TPSA) is 36.9 Å². The van der Waals surface area contributed by atoms with Gasteiger partial charge >= 0.3 is 0 Å². The summed E-state index contributed by atoms with van der Waals surface area (Å²) >= 11 is 0. The Hall–Kier alpha value is -13.2. The van der Waals surface area contributed by atoms with Crippen molar-refractivity contribution in [2.24, 2.45) is 0 Å². The average Bonchev–Trinajstić information content (AvgIpc) is 0.758. The van der Waals surface area contributed by atoms with Crippen molar-refractivity contribution in [2.45, 2.75) is 189 Å². The molecular formula is C132H138O4Si4. The molecule has 0 heterocycles. The minimum atomic E-state index is -2.91. The summed E-state index contributed by atoms with van der Waals surface area (Å²) in [4.78, 5) is 0. The number of benzene rings is 17. The van der Waals surface area contributed by atoms with Crippen LogP contribution in [0.25, 0.3) is 0 Å². The Kier molecular flexibility index (Phi) is 31.0. The predicted octanol–water partition coefficient (Wildman–Crippen LogP) is 31.9. The smallest absolute Gasteiger partial charge is 0.264 e. The van der Waals surface area contributed by atoms with Gasteiger partial charge in [0, 0.05) is 84.4 Å². The molecule has 17 aromatic rings. The highest BCUT2D eigenvalue weighted by atomic mass is 28.4. The molecule has 0 aliphatic carbocycles. The lowest BCUT2D eigenvalue weighted by Crippen LogP contribution is -2.50. The summed E-state index contributed by atoms with van der Waals surface area (Å²) in [6, 6.07) is 183. The van der Waals surface area contributed by atoms with Gasteiger partial charge in [-0.1, -0.05) is 520 Å². The van der Waals surface area contributed by atoms with Gasteiger partial charge in [0.15, 0.2) is 0 Å². The van der Waals surface area contributed by atoms with Gasteiger partial charge in [-0.3, -0.25) is 0 Å². The molecule has 0 unspecified atom stereocenters. The van der Waals surface area contributed by atoms with E-state index in [4.69, 9.17) is 17.7 Å². The Labute approximate surface area is 840 Å². The lowest BCUT2D eigenvalue weighted by molar-refractivity contribution is 0.486. The van der Waals surface area contributed by atoms with Crippen LogP contribution in [0.1, 0.15) is 217 Å². The van der Waals surface area contributed by atoms with Gasteiger partial charge in [0.25, 0.3) is 33.3 Å². The highest BCUT2D eigenvalue weighted by Crippen LogP contribution is 2.48. The first-order valence-corrected chi connectivity index (χ1v) is 60.7. The first kappa shape index (κ1) is 98.4. The molecule has 0 aromatic heterocycles. The van der Waals surface area contributed by atoms with Crippen LogP contribution in [0.4, 0.5) is 0 Å². The second kappa shape index (κ2) is 44.1. The number of hydrogen-bond acceptors (Lipinski definition) is 4. The Balaban J connectivity index is 0.869. The summed E-state index contributed by atoms with van der Waals surface area (Å²) < 4.78 is 33.1. The lowest BCUT2D eigenvalue weighted by atomic mass is 9.76. The van der Waals surface area contributed by atoms with Crippen molar-refractivity contribution >= 4 is 33.3 Å². The van der Waals surface area contributed by atoms with Gasteiger partial charge in [0.2, 0.25) is 0 Å². The van der Waals surface area contributed by atoms with Gasteiger partial charge in [-0.25, -0.2) is 0 Å². The summed E-state index contributed by atoms with van der Waals surface area (Å²) in [7, 11) is -11.6. The zero-order valence-corrected chi connectivity index (χ0v) is 88.2. The average molecular weight is 1900 g/mol. The molecule has 0 bridgehead atoms. The SMILES string of the molecule is CC(C)(C)c1cc(C(c2ccc(C(c3ccc(O[Si](Cc4ccccc4)(Cc4ccccc4)Cc4ccccc4)c(C(C)(C)C)c3)c3ccc(O[Si](Cc4ccccc4)(Cc4ccccc4)Cc4ccccc4)c(C(C)(C)C)c3)cc2)c2ccc(O[Si](Cc3ccccc3)(Cc3ccccc3)Cc3ccccc3)c(C(C)(C)C)c2)ccc1O[Si](Cc1ccccc1)(Cc1ccccc1)Cc1ccccc1. The van der Waals surface area contributed by atoms with Gasteiger partial charge < -0.3 is 17.7 Å². The van der Waals surface area contributed by atoms with Gasteiger partial charge in [0.1, 0.15) is 23.0 Å². The van der Waals surface area contributed by atoms with E-state index >= 15 is 0 Å². The summed E-state index contributed by atoms with van der Waals surface area (Å²) in [5.41, 5.74) is 25.9. The molecule has 4 nitrogen and oxygen atoms in total. The van der Waals surface area contributed by atoms with Crippen LogP contribution in [0.3, 0.4) is 0 Å². The Morgan fingerprint density at radius 3 is 0.379 bits per heavy atom. The molecule has 140 heavy (non-hydrogen) atoms. The fraction of sp³-hybridized carbons (Fsp3) is 0.227. The molecule has 0 amide bonds. The molecule has 0 spiro atoms. The van der Waals surface area contributed by atoms with E-state index in [1.54, 1.807) is 0 Å². The molecular weight excluding hydrogens is 1760 g/mol. The van der Waals surface area contributed by atoms with Crippen molar-refractivity contribution in [1.82, 2.24) is 0 Å². The fourth-order valence-electron chi connectivity index (χ4n) is 21.4. The molecule has 0 aliphatic rings. The Bertz CT molecular complexity index is 5580. The number of hydrogen-bond donors (Lipinski definition) is 0. The van der Waals surface area contributed by atoms with Crippen molar-refractivity contribution in [3.8, 4) is 23.0 Å². The third-order valence-electron chi connectivity index (χ3n) is 27.9. The second-order valence-electron chi connectivity index (χ2n) is 43.6. The van der Waals surface area contributed by atoms with Crippen molar-refractivity contribution in [3.05, 3.63) is 583 Å². The molecule has 0 radical (unpaired) electrons. The van der Waals surface area contributed by atoms with Crippen LogP contribution in [-0.4, -0.2) is 33.3 Å². The fourth-order valence-corrected chi connectivity index (χ4v) is 38.1. The van der Waals surface area contributed by atoms with Crippen LogP contribution in [0.5, 0.6) is 23.0 Å². The first-order chi connectivity index (χ1) is 67.6. The lowest BCUT2D eigenvalue weighted by Gasteiger charge is -2.37. The summed E-state index contributed by atoms with van der Waals surface area (Å²) in [6.45, 7) is 28.5. The van der Waals surface area contributed by atoms with E-state index in [0.29, 0.717) is 0 Å². The van der Waals surface area contributed by atoms with Crippen molar-refractivity contribution < 1.29 is 17.7 Å². The number of rotatable bonds is 38. The maximum absolute atomic E-state index is 8.28. The highest BCUT2D eigenvalue weighted by molar-refractivity contribution is 6.74. The van der Waals surface area contributed by atoms with Crippen LogP contribution in [0, 0.1) is 0 Å². The van der Waals surface area contributed by atoms with Crippen molar-refractivity contribution in [2.75, 3.05) is 0 Å². The van der Waals surface area contributed by atoms with Crippen LogP contribution in [0.15, 0.2) is 461 Å². The van der Waals surface area contributed by atoms with Gasteiger partial charge in [-0.2, -0.15) is 0 Å². The third kappa shape index (κ3) is 25.7. The second-order valence-corrected chi connectivity index (χ2v) is 58.2. The molecule has 706 valence electrons. The van der Waals surface area contributed by atoms with Crippen LogP contribution >= 0.6 is 0 Å². The van der Waals surface area contributed by atoms with E-state index in [2.05, 4.69) is 544 Å². The molecule has 0 aliphatic heterocycles. The molecule has 0 N–H and O–H groups in total. The van der Waals surface area contributed by atoms with Crippen molar-refractivity contribution in [3.63, 3.8) is 0 Å². The Morgan fingerprint density at radius 1 is 0.150 bits per heavy atom. The molecule has 0 atom stereocenters. The minimum absolute atomic E-state index is 0.264. The van der Waals surface area contributed by atoms with Crippen LogP contribution < -0.4 is 17.7 Å². The maximum atomic E-state index is 8.28. The zero-order valence-electron chi connectivity index (χ0n) is 84.2. The van der Waals surface area contributed by atoms with E-state index in [-0.39, 0.29) is 33.5 Å². The van der Waals surface area contributed by atoms with Crippen LogP contribution in [-0.2, 0) is 94.2 Å². The van der Waals surface area contributed by atoms with E-state index < -0.39 is 33.3 Å². The quantitative estimate of drug-likeness (QED) is 0.0285. The monoisotopic (exact) mass is 1900 g/mol. The van der Waals surface area contributed by atoms with E-state index in [0.717, 1.165) is 95.5 Å². The van der Waals surface area contributed by atoms with E-state index in [1.165, 1.54) is 122 Å². The van der Waals surface area contributed by atoms with Gasteiger partial charge in [0.05, 0.1) is 0 Å². The van der Waals surface area contributed by atoms with E-state index in [1.807, 2.05) is 0 Å². The van der Waals surface area contributed by atoms with E-state index in [9.17, 15) is 0 Å². The predicted molar refractivity (Wildman–Crippen MR) is 596 cm³/mol. The molecule has 0 saturated heterocycles. The standard InChI is InChI=1S/C132H138O4Si4/c1-129(2,3)119-85-115(77-81-123(119)133-137(89-101-49-25-13-26-50-101,90-102-51-27-14-28-52-102)91-103-53-29-15-30-54-103)127(116-78-82-124(120(86-116)130(4,5)6)134-138(92-104-55-31-16-32-56-104,93-105-57-33-17-34-58-105)94-106-59-35-18-36-60-106)113-73-75-114(76-74-113)128(117-79-83-125(121(87-117)131(7,8)9)135-139(95-107-61-37-19-38-62-107,96-108-63-39-20-40-64-108)97-109-65-41-21-42-66-109)118-80-84-126(122(88-118)132(10,11)12)136-140(98-110-67-43-22-44-68-110,99-111-69-45-23-46-70-111)100-112-71-47-24-48-72-112/h13-88,127-128H,89-100H2,1-12H3. The van der Waals surface area contributed by atoms with Gasteiger partial charge in [-0.15, -0.1) is 0 Å². The Morgan fingerprint density at radius 2 is 0.264 bits per heavy atom. The van der Waals surface area contributed by atoms with Crippen molar-refractivity contribution in [1.29, 1.82) is 0 Å². The minimum Gasteiger partial charge on any atom is -0.542 e. The summed E-state index contributed by atoms with van der Waals surface area (Å²) in [5, 5.41) is 0. The molecule has 0 saturated carbocycles. The highest BCUT2D eigenvalue weighted by Gasteiger charge is 2.46. The van der Waals surface area contributed by atoms with Crippen LogP contribution in [0.2, 0.25) is 0 Å². The summed E-state index contributed by atoms with van der Waals surface area (Å²) in [6.07, 6.45) is 0. The normalized spacial score (nSPS) is 12.3.